The maximum atomic E-state index is 12.1. The minimum atomic E-state index is -1.01. The number of carbonyl (C=O) groups excluding carboxylic acids is 1. The van der Waals surface area contributed by atoms with Gasteiger partial charge in [0.05, 0.1) is 18.0 Å². The zero-order valence-corrected chi connectivity index (χ0v) is 11.1. The normalized spacial score (nSPS) is 13.7. The molecule has 0 amide bonds. The molecule has 0 radical (unpaired) electrons. The second kappa shape index (κ2) is 6.26. The summed E-state index contributed by atoms with van der Waals surface area (Å²) in [4.78, 5) is 20.5. The van der Waals surface area contributed by atoms with E-state index in [1.54, 1.807) is 32.3 Å². The third kappa shape index (κ3) is 2.92. The van der Waals surface area contributed by atoms with Crippen molar-refractivity contribution in [2.75, 3.05) is 13.2 Å². The van der Waals surface area contributed by atoms with Gasteiger partial charge in [0, 0.05) is 18.9 Å². The summed E-state index contributed by atoms with van der Waals surface area (Å²) >= 11 is 0. The Balaban J connectivity index is 3.15. The van der Waals surface area contributed by atoms with Crippen LogP contribution in [0.25, 0.3) is 0 Å². The minimum Gasteiger partial charge on any atom is -0.464 e. The summed E-state index contributed by atoms with van der Waals surface area (Å²) in [6, 6.07) is 0. The van der Waals surface area contributed by atoms with Crippen LogP contribution >= 0.6 is 0 Å². The molecule has 5 nitrogen and oxygen atoms in total. The number of aromatic nitrogens is 2. The molecule has 1 heterocycles. The van der Waals surface area contributed by atoms with E-state index in [1.807, 2.05) is 6.92 Å². The van der Waals surface area contributed by atoms with E-state index in [1.165, 1.54) is 0 Å². The summed E-state index contributed by atoms with van der Waals surface area (Å²) in [7, 11) is 0. The van der Waals surface area contributed by atoms with Gasteiger partial charge in [-0.1, -0.05) is 6.08 Å². The molecule has 98 valence electrons. The Morgan fingerprint density at radius 2 is 2.22 bits per heavy atom. The van der Waals surface area contributed by atoms with Crippen LogP contribution in [0, 0.1) is 6.92 Å². The fourth-order valence-corrected chi connectivity index (χ4v) is 1.70. The van der Waals surface area contributed by atoms with Crippen molar-refractivity contribution in [1.82, 2.24) is 15.3 Å². The van der Waals surface area contributed by atoms with Gasteiger partial charge in [-0.2, -0.15) is 0 Å². The molecule has 0 spiro atoms. The van der Waals surface area contributed by atoms with E-state index < -0.39 is 5.54 Å². The van der Waals surface area contributed by atoms with Crippen molar-refractivity contribution < 1.29 is 9.53 Å². The molecule has 0 aliphatic heterocycles. The fourth-order valence-electron chi connectivity index (χ4n) is 1.70. The van der Waals surface area contributed by atoms with E-state index in [0.717, 1.165) is 0 Å². The van der Waals surface area contributed by atoms with Crippen molar-refractivity contribution in [3.05, 3.63) is 36.4 Å². The third-order valence-corrected chi connectivity index (χ3v) is 2.64. The van der Waals surface area contributed by atoms with Crippen molar-refractivity contribution in [3.63, 3.8) is 0 Å². The third-order valence-electron chi connectivity index (χ3n) is 2.64. The zero-order chi connectivity index (χ0) is 13.6. The molecule has 18 heavy (non-hydrogen) atoms. The molecular formula is C13H19N3O2. The number of aryl methyl sites for hydroxylation is 1. The molecule has 0 aromatic carbocycles. The van der Waals surface area contributed by atoms with Gasteiger partial charge in [-0.3, -0.25) is 15.3 Å². The van der Waals surface area contributed by atoms with Crippen molar-refractivity contribution in [1.29, 1.82) is 0 Å². The Bertz CT molecular complexity index is 434. The molecule has 0 fully saturated rings. The molecule has 5 heteroatoms. The van der Waals surface area contributed by atoms with Crippen LogP contribution in [0.3, 0.4) is 0 Å². The van der Waals surface area contributed by atoms with Crippen LogP contribution in [0.2, 0.25) is 0 Å². The number of nitrogens with one attached hydrogen (secondary N) is 1. The SMILES string of the molecule is C=CCNC(C)(C(=O)OCC)c1nccnc1C. The molecule has 0 aliphatic rings. The lowest BCUT2D eigenvalue weighted by molar-refractivity contribution is -0.151. The van der Waals surface area contributed by atoms with Crippen molar-refractivity contribution in [2.24, 2.45) is 0 Å². The number of hydrogen-bond donors (Lipinski definition) is 1. The van der Waals surface area contributed by atoms with Crippen molar-refractivity contribution in [2.45, 2.75) is 26.3 Å². The first-order chi connectivity index (χ1) is 8.56. The van der Waals surface area contributed by atoms with E-state index >= 15 is 0 Å². The van der Waals surface area contributed by atoms with E-state index in [9.17, 15) is 4.79 Å². The standard InChI is InChI=1S/C13H19N3O2/c1-5-7-16-13(4,12(17)18-6-2)11-10(3)14-8-9-15-11/h5,8-9,16H,1,6-7H2,2-4H3. The predicted octanol–water partition coefficient (Wildman–Crippen LogP) is 1.34. The first kappa shape index (κ1) is 14.3. The monoisotopic (exact) mass is 249 g/mol. The highest BCUT2D eigenvalue weighted by molar-refractivity contribution is 5.81. The highest BCUT2D eigenvalue weighted by Crippen LogP contribution is 2.22. The van der Waals surface area contributed by atoms with Gasteiger partial charge < -0.3 is 4.74 Å². The first-order valence-electron chi connectivity index (χ1n) is 5.87. The summed E-state index contributed by atoms with van der Waals surface area (Å²) in [5.41, 5.74) is 0.262. The number of hydrogen-bond acceptors (Lipinski definition) is 5. The highest BCUT2D eigenvalue weighted by Gasteiger charge is 2.39. The average molecular weight is 249 g/mol. The van der Waals surface area contributed by atoms with Gasteiger partial charge in [-0.15, -0.1) is 6.58 Å². The van der Waals surface area contributed by atoms with Gasteiger partial charge in [-0.25, -0.2) is 4.79 Å². The van der Waals surface area contributed by atoms with Gasteiger partial charge in [-0.05, 0) is 20.8 Å². The van der Waals surface area contributed by atoms with Crippen molar-refractivity contribution >= 4 is 5.97 Å². The summed E-state index contributed by atoms with van der Waals surface area (Å²) in [6.07, 6.45) is 4.84. The van der Waals surface area contributed by atoms with Gasteiger partial charge in [0.15, 0.2) is 5.54 Å². The molecule has 0 saturated heterocycles. The highest BCUT2D eigenvalue weighted by atomic mass is 16.5. The minimum absolute atomic E-state index is 0.323. The number of nitrogens with zero attached hydrogens (tertiary/aromatic N) is 2. The van der Waals surface area contributed by atoms with Crippen LogP contribution in [0.1, 0.15) is 25.2 Å². The van der Waals surface area contributed by atoms with Crippen LogP contribution in [0.5, 0.6) is 0 Å². The van der Waals surface area contributed by atoms with E-state index in [4.69, 9.17) is 4.74 Å². The zero-order valence-electron chi connectivity index (χ0n) is 11.1. The quantitative estimate of drug-likeness (QED) is 0.609. The molecular weight excluding hydrogens is 230 g/mol. The Morgan fingerprint density at radius 1 is 1.56 bits per heavy atom. The van der Waals surface area contributed by atoms with Gasteiger partial charge in [0.1, 0.15) is 0 Å². The van der Waals surface area contributed by atoms with Crippen LogP contribution in [0.4, 0.5) is 0 Å². The summed E-state index contributed by atoms with van der Waals surface area (Å²) in [6.45, 7) is 9.76. The van der Waals surface area contributed by atoms with Crippen LogP contribution in [0.15, 0.2) is 25.0 Å². The largest absolute Gasteiger partial charge is 0.464 e. The number of ether oxygens (including phenoxy) is 1. The Hall–Kier alpha value is -1.75. The lowest BCUT2D eigenvalue weighted by Crippen LogP contribution is -2.49. The molecule has 1 rings (SSSR count). The van der Waals surface area contributed by atoms with E-state index in [-0.39, 0.29) is 5.97 Å². The number of carbonyl (C=O) groups is 1. The van der Waals surface area contributed by atoms with Gasteiger partial charge in [0.2, 0.25) is 0 Å². The summed E-state index contributed by atoms with van der Waals surface area (Å²) in [5, 5.41) is 3.09. The second-order valence-electron chi connectivity index (χ2n) is 4.01. The van der Waals surface area contributed by atoms with E-state index in [2.05, 4.69) is 21.9 Å². The summed E-state index contributed by atoms with van der Waals surface area (Å²) in [5.74, 6) is -0.365. The second-order valence-corrected chi connectivity index (χ2v) is 4.01. The molecule has 0 saturated carbocycles. The van der Waals surface area contributed by atoms with Crippen LogP contribution in [-0.2, 0) is 15.1 Å². The number of esters is 1. The van der Waals surface area contributed by atoms with Gasteiger partial charge in [0.25, 0.3) is 0 Å². The topological polar surface area (TPSA) is 64.1 Å². The molecule has 1 unspecified atom stereocenters. The van der Waals surface area contributed by atoms with Gasteiger partial charge >= 0.3 is 5.97 Å². The van der Waals surface area contributed by atoms with Crippen LogP contribution in [-0.4, -0.2) is 29.1 Å². The molecule has 1 aromatic heterocycles. The molecule has 0 bridgehead atoms. The fraction of sp³-hybridized carbons (Fsp3) is 0.462. The lowest BCUT2D eigenvalue weighted by Gasteiger charge is -2.28. The average Bonchev–Trinajstić information content (AvgIpc) is 2.36. The van der Waals surface area contributed by atoms with E-state index in [0.29, 0.717) is 24.5 Å². The maximum Gasteiger partial charge on any atom is 0.332 e. The maximum absolute atomic E-state index is 12.1. The molecule has 1 aromatic rings. The lowest BCUT2D eigenvalue weighted by atomic mass is 9.95. The molecule has 0 aliphatic carbocycles. The molecule has 1 atom stereocenters. The predicted molar refractivity (Wildman–Crippen MR) is 69.0 cm³/mol. The Morgan fingerprint density at radius 3 is 2.78 bits per heavy atom. The van der Waals surface area contributed by atoms with Crippen LogP contribution < -0.4 is 5.32 Å². The summed E-state index contributed by atoms with van der Waals surface area (Å²) < 4.78 is 5.11. The Labute approximate surface area is 107 Å². The molecule has 1 N–H and O–H groups in total. The number of rotatable bonds is 6. The Kier molecular flexibility index (Phi) is 4.97. The first-order valence-corrected chi connectivity index (χ1v) is 5.87. The smallest absolute Gasteiger partial charge is 0.332 e. The van der Waals surface area contributed by atoms with Crippen molar-refractivity contribution in [3.8, 4) is 0 Å².